The number of hydrogen-bond acceptors (Lipinski definition) is 1. The molecule has 0 aliphatic rings. The van der Waals surface area contributed by atoms with E-state index in [9.17, 15) is 4.79 Å². The zero-order valence-electron chi connectivity index (χ0n) is 9.68. The van der Waals surface area contributed by atoms with Crippen molar-refractivity contribution in [2.45, 2.75) is 20.3 Å². The van der Waals surface area contributed by atoms with E-state index in [0.29, 0.717) is 15.7 Å². The predicted octanol–water partition coefficient (Wildman–Crippen LogP) is 4.44. The van der Waals surface area contributed by atoms with Crippen molar-refractivity contribution in [3.63, 3.8) is 0 Å². The minimum atomic E-state index is -0.114. The number of nitrogens with one attached hydrogen (secondary N) is 1. The number of anilines is 1. The van der Waals surface area contributed by atoms with Gasteiger partial charge in [0.1, 0.15) is 0 Å². The summed E-state index contributed by atoms with van der Waals surface area (Å²) in [5.74, 6) is -0.114. The van der Waals surface area contributed by atoms with E-state index in [1.165, 1.54) is 0 Å². The second kappa shape index (κ2) is 6.51. The highest BCUT2D eigenvalue weighted by molar-refractivity contribution is 6.42. The number of amides is 1. The van der Waals surface area contributed by atoms with Crippen LogP contribution in [0.15, 0.2) is 35.6 Å². The fourth-order valence-electron chi connectivity index (χ4n) is 1.13. The van der Waals surface area contributed by atoms with Gasteiger partial charge in [-0.1, -0.05) is 23.2 Å². The Bertz CT molecular complexity index is 484. The average molecular weight is 270 g/mol. The summed E-state index contributed by atoms with van der Waals surface area (Å²) in [5, 5.41) is 3.61. The molecule has 1 aromatic rings. The van der Waals surface area contributed by atoms with Crippen molar-refractivity contribution in [1.29, 1.82) is 0 Å². The van der Waals surface area contributed by atoms with Gasteiger partial charge >= 0.3 is 0 Å². The molecule has 0 aliphatic heterocycles. The molecule has 0 fully saturated rings. The molecule has 0 unspecified atom stereocenters. The van der Waals surface area contributed by atoms with Crippen LogP contribution in [-0.4, -0.2) is 5.91 Å². The third kappa shape index (κ3) is 5.10. The summed E-state index contributed by atoms with van der Waals surface area (Å²) >= 11 is 11.6. The highest BCUT2D eigenvalue weighted by Crippen LogP contribution is 2.24. The molecule has 90 valence electrons. The van der Waals surface area contributed by atoms with Crippen molar-refractivity contribution in [2.75, 3.05) is 5.32 Å². The molecular formula is C13H13Cl2NO. The van der Waals surface area contributed by atoms with Crippen molar-refractivity contribution < 1.29 is 4.79 Å². The van der Waals surface area contributed by atoms with Crippen LogP contribution >= 0.6 is 23.2 Å². The first kappa shape index (κ1) is 13.9. The quantitative estimate of drug-likeness (QED) is 0.808. The van der Waals surface area contributed by atoms with Crippen LogP contribution < -0.4 is 5.32 Å². The van der Waals surface area contributed by atoms with Crippen LogP contribution in [0.4, 0.5) is 5.69 Å². The summed E-state index contributed by atoms with van der Waals surface area (Å²) in [4.78, 5) is 11.5. The fourth-order valence-corrected chi connectivity index (χ4v) is 1.43. The first-order valence-corrected chi connectivity index (χ1v) is 5.88. The SMILES string of the molecule is CC(C)=C=CCC(=O)Nc1ccc(Cl)c(Cl)c1. The van der Waals surface area contributed by atoms with Crippen molar-refractivity contribution in [1.82, 2.24) is 0 Å². The van der Waals surface area contributed by atoms with Crippen LogP contribution in [0.2, 0.25) is 10.0 Å². The Balaban J connectivity index is 2.62. The van der Waals surface area contributed by atoms with E-state index in [1.807, 2.05) is 13.8 Å². The summed E-state index contributed by atoms with van der Waals surface area (Å²) in [7, 11) is 0. The molecule has 4 heteroatoms. The molecule has 0 aliphatic carbocycles. The minimum absolute atomic E-state index is 0.114. The Kier molecular flexibility index (Phi) is 5.30. The molecule has 0 atom stereocenters. The molecule has 0 aromatic heterocycles. The Morgan fingerprint density at radius 1 is 1.35 bits per heavy atom. The lowest BCUT2D eigenvalue weighted by atomic mass is 10.3. The monoisotopic (exact) mass is 269 g/mol. The highest BCUT2D eigenvalue weighted by atomic mass is 35.5. The van der Waals surface area contributed by atoms with E-state index in [4.69, 9.17) is 23.2 Å². The molecule has 0 spiro atoms. The molecule has 0 radical (unpaired) electrons. The number of carbonyl (C=O) groups is 1. The zero-order valence-corrected chi connectivity index (χ0v) is 11.2. The van der Waals surface area contributed by atoms with Gasteiger partial charge in [0.05, 0.1) is 16.5 Å². The molecule has 1 aromatic carbocycles. The van der Waals surface area contributed by atoms with Crippen molar-refractivity contribution in [3.8, 4) is 0 Å². The molecule has 0 saturated heterocycles. The van der Waals surface area contributed by atoms with E-state index in [1.54, 1.807) is 24.3 Å². The third-order valence-corrected chi connectivity index (χ3v) is 2.62. The number of hydrogen-bond donors (Lipinski definition) is 1. The summed E-state index contributed by atoms with van der Waals surface area (Å²) < 4.78 is 0. The number of carbonyl (C=O) groups excluding carboxylic acids is 1. The highest BCUT2D eigenvalue weighted by Gasteiger charge is 2.02. The number of halogens is 2. The Labute approximate surface area is 111 Å². The molecular weight excluding hydrogens is 257 g/mol. The first-order valence-electron chi connectivity index (χ1n) is 5.12. The summed E-state index contributed by atoms with van der Waals surface area (Å²) in [6.07, 6.45) is 1.98. The van der Waals surface area contributed by atoms with E-state index in [0.717, 1.165) is 5.57 Å². The third-order valence-electron chi connectivity index (χ3n) is 1.88. The van der Waals surface area contributed by atoms with Crippen LogP contribution in [0.5, 0.6) is 0 Å². The van der Waals surface area contributed by atoms with E-state index in [2.05, 4.69) is 11.0 Å². The largest absolute Gasteiger partial charge is 0.326 e. The maximum absolute atomic E-state index is 11.5. The average Bonchev–Trinajstić information content (AvgIpc) is 2.23. The summed E-state index contributed by atoms with van der Waals surface area (Å²) in [5.41, 5.74) is 4.64. The van der Waals surface area contributed by atoms with E-state index in [-0.39, 0.29) is 12.3 Å². The van der Waals surface area contributed by atoms with Crippen molar-refractivity contribution in [2.24, 2.45) is 0 Å². The van der Waals surface area contributed by atoms with Crippen LogP contribution in [0.25, 0.3) is 0 Å². The van der Waals surface area contributed by atoms with Gasteiger partial charge in [0.25, 0.3) is 0 Å². The van der Waals surface area contributed by atoms with Gasteiger partial charge in [-0.3, -0.25) is 4.79 Å². The van der Waals surface area contributed by atoms with Gasteiger partial charge in [-0.05, 0) is 43.7 Å². The van der Waals surface area contributed by atoms with Gasteiger partial charge in [0.2, 0.25) is 5.91 Å². The minimum Gasteiger partial charge on any atom is -0.326 e. The lowest BCUT2D eigenvalue weighted by molar-refractivity contribution is -0.115. The molecule has 17 heavy (non-hydrogen) atoms. The van der Waals surface area contributed by atoms with Gasteiger partial charge in [-0.2, -0.15) is 0 Å². The van der Waals surface area contributed by atoms with Gasteiger partial charge in [-0.25, -0.2) is 0 Å². The topological polar surface area (TPSA) is 29.1 Å². The van der Waals surface area contributed by atoms with Crippen LogP contribution in [0, 0.1) is 0 Å². The molecule has 0 saturated carbocycles. The lowest BCUT2D eigenvalue weighted by Crippen LogP contribution is -2.09. The summed E-state index contributed by atoms with van der Waals surface area (Å²) in [6.45, 7) is 3.85. The van der Waals surface area contributed by atoms with Gasteiger partial charge in [0, 0.05) is 5.69 Å². The number of benzene rings is 1. The standard InChI is InChI=1S/C13H13Cl2NO/c1-9(2)4-3-5-13(17)16-10-6-7-11(14)12(15)8-10/h3,6-8H,5H2,1-2H3,(H,16,17). The molecule has 1 N–H and O–H groups in total. The lowest BCUT2D eigenvalue weighted by Gasteiger charge is -2.04. The van der Waals surface area contributed by atoms with Crippen LogP contribution in [0.1, 0.15) is 20.3 Å². The first-order chi connectivity index (χ1) is 7.99. The zero-order chi connectivity index (χ0) is 12.8. The molecule has 0 heterocycles. The van der Waals surface area contributed by atoms with E-state index < -0.39 is 0 Å². The second-order valence-electron chi connectivity index (χ2n) is 3.73. The molecule has 0 bridgehead atoms. The second-order valence-corrected chi connectivity index (χ2v) is 4.54. The fraction of sp³-hybridized carbons (Fsp3) is 0.231. The Morgan fingerprint density at radius 2 is 2.06 bits per heavy atom. The molecule has 1 rings (SSSR count). The Morgan fingerprint density at radius 3 is 2.65 bits per heavy atom. The van der Waals surface area contributed by atoms with Gasteiger partial charge in [-0.15, -0.1) is 5.73 Å². The maximum Gasteiger partial charge on any atom is 0.228 e. The van der Waals surface area contributed by atoms with Crippen molar-refractivity contribution >= 4 is 34.8 Å². The van der Waals surface area contributed by atoms with Crippen molar-refractivity contribution in [3.05, 3.63) is 45.6 Å². The van der Waals surface area contributed by atoms with Gasteiger partial charge in [0.15, 0.2) is 0 Å². The van der Waals surface area contributed by atoms with Crippen LogP contribution in [-0.2, 0) is 4.79 Å². The predicted molar refractivity (Wildman–Crippen MR) is 72.7 cm³/mol. The normalized spacial score (nSPS) is 9.41. The number of rotatable bonds is 3. The maximum atomic E-state index is 11.5. The smallest absolute Gasteiger partial charge is 0.228 e. The van der Waals surface area contributed by atoms with Crippen LogP contribution in [0.3, 0.4) is 0 Å². The molecule has 1 amide bonds. The summed E-state index contributed by atoms with van der Waals surface area (Å²) in [6, 6.07) is 4.97. The van der Waals surface area contributed by atoms with Gasteiger partial charge < -0.3 is 5.32 Å². The van der Waals surface area contributed by atoms with E-state index >= 15 is 0 Å². The molecule has 2 nitrogen and oxygen atoms in total. The Hall–Kier alpha value is -1.21.